The Morgan fingerprint density at radius 3 is 2.70 bits per heavy atom. The number of hydrogen-bond acceptors (Lipinski definition) is 8. The van der Waals surface area contributed by atoms with Gasteiger partial charge >= 0.3 is 0 Å². The lowest BCUT2D eigenvalue weighted by molar-refractivity contribution is 0.0999. The number of halogens is 1. The highest BCUT2D eigenvalue weighted by molar-refractivity contribution is 7.22. The second-order valence-corrected chi connectivity index (χ2v) is 11.8. The second kappa shape index (κ2) is 10.1. The van der Waals surface area contributed by atoms with Crippen LogP contribution in [-0.4, -0.2) is 26.1 Å². The third kappa shape index (κ3) is 4.62. The topological polar surface area (TPSA) is 134 Å². The van der Waals surface area contributed by atoms with Crippen LogP contribution in [0.1, 0.15) is 64.9 Å². The van der Waals surface area contributed by atoms with Crippen LogP contribution < -0.4 is 11.5 Å². The summed E-state index contributed by atoms with van der Waals surface area (Å²) in [6.45, 7) is 5.88. The molecule has 0 fully saturated rings. The fourth-order valence-electron chi connectivity index (χ4n) is 5.74. The molecule has 0 bridgehead atoms. The first-order chi connectivity index (χ1) is 19.2. The molecule has 4 heterocycles. The molecule has 6 rings (SSSR count). The summed E-state index contributed by atoms with van der Waals surface area (Å²) in [5.74, 6) is 0.612. The molecule has 10 heteroatoms. The van der Waals surface area contributed by atoms with E-state index in [0.717, 1.165) is 44.6 Å². The number of fused-ring (bicyclic) bond motifs is 2. The maximum Gasteiger partial charge on any atom is 0.251 e. The summed E-state index contributed by atoms with van der Waals surface area (Å²) in [6, 6.07) is 8.87. The Morgan fingerprint density at radius 1 is 1.18 bits per heavy atom. The van der Waals surface area contributed by atoms with Crippen LogP contribution in [-0.2, 0) is 19.3 Å². The lowest BCUT2D eigenvalue weighted by Crippen LogP contribution is -2.20. The zero-order chi connectivity index (χ0) is 28.1. The van der Waals surface area contributed by atoms with Gasteiger partial charge in [-0.2, -0.15) is 0 Å². The minimum atomic E-state index is -0.576. The number of primary amides is 1. The van der Waals surface area contributed by atoms with Crippen molar-refractivity contribution in [1.29, 1.82) is 0 Å². The van der Waals surface area contributed by atoms with E-state index in [2.05, 4.69) is 29.0 Å². The number of amides is 1. The molecular formula is C30H29FN6O2S. The number of hydrogen-bond donors (Lipinski definition) is 2. The molecule has 0 saturated heterocycles. The summed E-state index contributed by atoms with van der Waals surface area (Å²) in [6.07, 6.45) is 4.43. The monoisotopic (exact) mass is 556 g/mol. The molecule has 1 aliphatic carbocycles. The molecule has 8 nitrogen and oxygen atoms in total. The van der Waals surface area contributed by atoms with E-state index in [9.17, 15) is 9.18 Å². The molecule has 1 amide bonds. The highest BCUT2D eigenvalue weighted by Crippen LogP contribution is 2.46. The van der Waals surface area contributed by atoms with Crippen molar-refractivity contribution in [3.05, 3.63) is 76.3 Å². The highest BCUT2D eigenvalue weighted by Gasteiger charge is 2.32. The Hall–Kier alpha value is -4.18. The minimum Gasteiger partial charge on any atom is -0.421 e. The van der Waals surface area contributed by atoms with Crippen LogP contribution in [0.4, 0.5) is 10.2 Å². The standard InChI is InChI=1S/C30H29FN6O2S/c1-14(2)10-21-24(29(33)38)26(23-13-18-8-9-34-28(32)27(18)40-23)25(30-37-36-15(3)39-30)22(35-21)12-17-5-4-16-11-19(31)6-7-20(16)17/h6-9,11,13-14,17H,4-5,10,12H2,1-3H3,(H2,32,34)(H2,33,38). The number of pyridine rings is 2. The van der Waals surface area contributed by atoms with Gasteiger partial charge in [0.2, 0.25) is 11.8 Å². The zero-order valence-electron chi connectivity index (χ0n) is 22.5. The Balaban J connectivity index is 1.65. The van der Waals surface area contributed by atoms with E-state index in [1.807, 2.05) is 18.2 Å². The van der Waals surface area contributed by atoms with E-state index in [1.54, 1.807) is 19.2 Å². The summed E-state index contributed by atoms with van der Waals surface area (Å²) in [5.41, 5.74) is 17.4. The van der Waals surface area contributed by atoms with Gasteiger partial charge in [-0.05, 0) is 78.3 Å². The number of nitrogen functional groups attached to an aromatic ring is 1. The second-order valence-electron chi connectivity index (χ2n) is 10.7. The van der Waals surface area contributed by atoms with Gasteiger partial charge in [0.05, 0.1) is 27.2 Å². The maximum atomic E-state index is 14.0. The first-order valence-corrected chi connectivity index (χ1v) is 14.1. The van der Waals surface area contributed by atoms with Crippen molar-refractivity contribution in [3.63, 3.8) is 0 Å². The lowest BCUT2D eigenvalue weighted by Gasteiger charge is -2.21. The Morgan fingerprint density at radius 2 is 2.00 bits per heavy atom. The van der Waals surface area contributed by atoms with E-state index in [-0.39, 0.29) is 23.5 Å². The van der Waals surface area contributed by atoms with Crippen LogP contribution in [0.2, 0.25) is 0 Å². The van der Waals surface area contributed by atoms with Crippen molar-refractivity contribution in [2.45, 2.75) is 52.4 Å². The SMILES string of the molecule is Cc1nnc(-c2c(CC3CCc4cc(F)ccc43)nc(CC(C)C)c(C(N)=O)c2-c2cc3ccnc(N)c3s2)o1. The average molecular weight is 557 g/mol. The predicted molar refractivity (Wildman–Crippen MR) is 154 cm³/mol. The number of nitrogens with two attached hydrogens (primary N) is 2. The molecule has 1 unspecified atom stereocenters. The number of thiophene rings is 1. The average Bonchev–Trinajstić information content (AvgIpc) is 3.62. The molecule has 1 aromatic carbocycles. The lowest BCUT2D eigenvalue weighted by atomic mass is 9.88. The molecule has 1 aliphatic rings. The fraction of sp³-hybridized carbons (Fsp3) is 0.300. The van der Waals surface area contributed by atoms with Crippen LogP contribution in [0, 0.1) is 18.7 Å². The summed E-state index contributed by atoms with van der Waals surface area (Å²) in [7, 11) is 0. The van der Waals surface area contributed by atoms with Gasteiger partial charge in [-0.3, -0.25) is 9.78 Å². The number of aryl methyl sites for hydroxylation is 2. The molecule has 1 atom stereocenters. The predicted octanol–water partition coefficient (Wildman–Crippen LogP) is 6.01. The molecule has 204 valence electrons. The van der Waals surface area contributed by atoms with Crippen molar-refractivity contribution < 1.29 is 13.6 Å². The molecule has 0 spiro atoms. The summed E-state index contributed by atoms with van der Waals surface area (Å²) in [5, 5.41) is 9.36. The van der Waals surface area contributed by atoms with Crippen LogP contribution in [0.5, 0.6) is 0 Å². The van der Waals surface area contributed by atoms with Gasteiger partial charge in [-0.15, -0.1) is 21.5 Å². The fourth-order valence-corrected chi connectivity index (χ4v) is 6.85. The Kier molecular flexibility index (Phi) is 6.58. The van der Waals surface area contributed by atoms with E-state index >= 15 is 0 Å². The quantitative estimate of drug-likeness (QED) is 0.251. The third-order valence-electron chi connectivity index (χ3n) is 7.39. The summed E-state index contributed by atoms with van der Waals surface area (Å²) >= 11 is 1.44. The maximum absolute atomic E-state index is 14.0. The molecule has 40 heavy (non-hydrogen) atoms. The van der Waals surface area contributed by atoms with E-state index in [0.29, 0.717) is 46.9 Å². The van der Waals surface area contributed by atoms with Crippen molar-refractivity contribution in [2.75, 3.05) is 5.73 Å². The summed E-state index contributed by atoms with van der Waals surface area (Å²) in [4.78, 5) is 23.3. The molecule has 4 N–H and O–H groups in total. The first kappa shape index (κ1) is 26.1. The van der Waals surface area contributed by atoms with Crippen LogP contribution in [0.3, 0.4) is 0 Å². The van der Waals surface area contributed by atoms with Crippen LogP contribution in [0.15, 0.2) is 40.9 Å². The number of nitrogens with zero attached hydrogens (tertiary/aromatic N) is 4. The van der Waals surface area contributed by atoms with Crippen molar-refractivity contribution in [2.24, 2.45) is 11.7 Å². The Bertz CT molecular complexity index is 1780. The molecule has 0 saturated carbocycles. The van der Waals surface area contributed by atoms with Gasteiger partial charge in [-0.25, -0.2) is 9.37 Å². The number of carbonyl (C=O) groups is 1. The molecular weight excluding hydrogens is 527 g/mol. The van der Waals surface area contributed by atoms with Gasteiger partial charge in [0.15, 0.2) is 0 Å². The van der Waals surface area contributed by atoms with Crippen molar-refractivity contribution in [3.8, 4) is 21.9 Å². The minimum absolute atomic E-state index is 0.118. The molecule has 0 radical (unpaired) electrons. The van der Waals surface area contributed by atoms with Gasteiger partial charge in [-0.1, -0.05) is 19.9 Å². The number of aromatic nitrogens is 4. The number of carbonyl (C=O) groups excluding carboxylic acids is 1. The highest BCUT2D eigenvalue weighted by atomic mass is 32.1. The smallest absolute Gasteiger partial charge is 0.251 e. The van der Waals surface area contributed by atoms with Crippen molar-refractivity contribution >= 4 is 33.1 Å². The van der Waals surface area contributed by atoms with Gasteiger partial charge in [0.1, 0.15) is 11.6 Å². The normalized spacial score (nSPS) is 14.8. The summed E-state index contributed by atoms with van der Waals surface area (Å²) < 4.78 is 20.8. The van der Waals surface area contributed by atoms with Gasteiger partial charge < -0.3 is 15.9 Å². The van der Waals surface area contributed by atoms with E-state index in [1.165, 1.54) is 17.4 Å². The Labute approximate surface area is 234 Å². The molecule has 5 aromatic rings. The van der Waals surface area contributed by atoms with Crippen molar-refractivity contribution in [1.82, 2.24) is 20.2 Å². The largest absolute Gasteiger partial charge is 0.421 e. The number of benzene rings is 1. The van der Waals surface area contributed by atoms with E-state index in [4.69, 9.17) is 20.9 Å². The zero-order valence-corrected chi connectivity index (χ0v) is 23.3. The van der Waals surface area contributed by atoms with Gasteiger partial charge in [0, 0.05) is 23.6 Å². The first-order valence-electron chi connectivity index (χ1n) is 13.3. The third-order valence-corrected chi connectivity index (χ3v) is 8.58. The number of rotatable bonds is 7. The number of anilines is 1. The van der Waals surface area contributed by atoms with E-state index < -0.39 is 5.91 Å². The van der Waals surface area contributed by atoms with Crippen LogP contribution >= 0.6 is 11.3 Å². The van der Waals surface area contributed by atoms with Crippen LogP contribution in [0.25, 0.3) is 32.0 Å². The van der Waals surface area contributed by atoms with Gasteiger partial charge in [0.25, 0.3) is 5.91 Å². The molecule has 0 aliphatic heterocycles. The molecule has 4 aromatic heterocycles.